The SMILES string of the molecule is Cc1nc(/C=C/[C@@H](O)C/C=C(\CCC[C@H](C)[C@H](O[Si](C)(C)C(C)(C)C)[C@@H](C)C(=O)C(C)(C)[C@H](CC(=O)O)O[Si](C)(C)C(C)(C)C)COC(c2ccccc2)(c2ccccc2)c2ccccc2)cs1. The van der Waals surface area contributed by atoms with Crippen molar-refractivity contribution in [3.05, 3.63) is 141 Å². The molecule has 0 unspecified atom stereocenters. The zero-order chi connectivity index (χ0) is 50.7. The highest BCUT2D eigenvalue weighted by molar-refractivity contribution is 7.09. The van der Waals surface area contributed by atoms with Crippen LogP contribution in [0.25, 0.3) is 6.08 Å². The van der Waals surface area contributed by atoms with Crippen molar-refractivity contribution in [2.45, 2.75) is 168 Å². The Morgan fingerprint density at radius 1 is 0.765 bits per heavy atom. The van der Waals surface area contributed by atoms with Crippen molar-refractivity contribution in [1.82, 2.24) is 4.98 Å². The lowest BCUT2D eigenvalue weighted by molar-refractivity contribution is -0.146. The molecule has 3 aromatic carbocycles. The third-order valence-electron chi connectivity index (χ3n) is 14.7. The summed E-state index contributed by atoms with van der Waals surface area (Å²) in [5.74, 6) is -1.57. The van der Waals surface area contributed by atoms with Crippen molar-refractivity contribution in [2.24, 2.45) is 17.3 Å². The van der Waals surface area contributed by atoms with Gasteiger partial charge in [-0.15, -0.1) is 11.3 Å². The molecule has 68 heavy (non-hydrogen) atoms. The van der Waals surface area contributed by atoms with Gasteiger partial charge in [0, 0.05) is 16.7 Å². The molecule has 2 N–H and O–H groups in total. The van der Waals surface area contributed by atoms with Crippen LogP contribution in [-0.4, -0.2) is 68.5 Å². The number of rotatable bonds is 25. The largest absolute Gasteiger partial charge is 0.481 e. The molecule has 0 radical (unpaired) electrons. The highest BCUT2D eigenvalue weighted by Gasteiger charge is 2.50. The summed E-state index contributed by atoms with van der Waals surface area (Å²) in [7, 11) is -4.86. The lowest BCUT2D eigenvalue weighted by atomic mass is 9.73. The summed E-state index contributed by atoms with van der Waals surface area (Å²) < 4.78 is 21.4. The second-order valence-corrected chi connectivity index (χ2v) is 33.0. The Labute approximate surface area is 415 Å². The third-order valence-corrected chi connectivity index (χ3v) is 24.4. The smallest absolute Gasteiger partial charge is 0.305 e. The second-order valence-electron chi connectivity index (χ2n) is 22.4. The van der Waals surface area contributed by atoms with E-state index < -0.39 is 57.8 Å². The Kier molecular flexibility index (Phi) is 19.9. The quantitative estimate of drug-likeness (QED) is 0.0383. The molecule has 372 valence electrons. The first-order valence-electron chi connectivity index (χ1n) is 24.5. The van der Waals surface area contributed by atoms with Crippen LogP contribution in [0.2, 0.25) is 36.3 Å². The van der Waals surface area contributed by atoms with Crippen LogP contribution in [0.4, 0.5) is 0 Å². The number of carboxylic acids is 1. The maximum absolute atomic E-state index is 15.0. The van der Waals surface area contributed by atoms with E-state index >= 15 is 4.79 Å². The van der Waals surface area contributed by atoms with Crippen molar-refractivity contribution >= 4 is 45.8 Å². The summed E-state index contributed by atoms with van der Waals surface area (Å²) in [5.41, 5.74) is 2.92. The standard InChI is InChI=1S/C57H83NO7SSi2/c1-41(52(65-68(14,15)55(7,8)9)42(2)53(62)56(10,11)50(38-51(60)61)64-67(12,13)54(4,5)6)26-25-27-44(34-36-49(59)37-35-48-40-66-43(3)58-48)39-63-57(45-28-19-16-20-29-45,46-30-21-17-22-31-46)47-32-23-18-24-33-47/h16-24,28-35,37,40-42,49-50,52,59H,25-27,36,38-39H2,1-15H3,(H,60,61)/b37-35+,44-34+/t41-,42+,49-,50-,52-/m0/s1. The Morgan fingerprint density at radius 2 is 1.25 bits per heavy atom. The molecule has 0 amide bonds. The van der Waals surface area contributed by atoms with Gasteiger partial charge in [0.2, 0.25) is 0 Å². The molecule has 5 atom stereocenters. The molecule has 8 nitrogen and oxygen atoms in total. The summed E-state index contributed by atoms with van der Waals surface area (Å²) in [5, 5.41) is 24.1. The predicted molar refractivity (Wildman–Crippen MR) is 287 cm³/mol. The molecule has 1 heterocycles. The van der Waals surface area contributed by atoms with E-state index in [0.717, 1.165) is 45.8 Å². The number of aliphatic hydroxyl groups is 1. The number of Topliss-reactive ketones (excluding diaryl/α,β-unsaturated/α-hetero) is 1. The molecule has 0 aliphatic heterocycles. The van der Waals surface area contributed by atoms with Crippen LogP contribution in [0.5, 0.6) is 0 Å². The van der Waals surface area contributed by atoms with Gasteiger partial charge in [0.25, 0.3) is 0 Å². The molecule has 0 aliphatic rings. The number of carbonyl (C=O) groups excluding carboxylic acids is 1. The van der Waals surface area contributed by atoms with E-state index in [-0.39, 0.29) is 28.2 Å². The Bertz CT molecular complexity index is 2160. The van der Waals surface area contributed by atoms with Gasteiger partial charge >= 0.3 is 5.97 Å². The minimum absolute atomic E-state index is 0.0209. The molecular weight excluding hydrogens is 899 g/mol. The van der Waals surface area contributed by atoms with Crippen LogP contribution in [0, 0.1) is 24.2 Å². The molecule has 0 saturated carbocycles. The van der Waals surface area contributed by atoms with E-state index in [9.17, 15) is 15.0 Å². The fourth-order valence-corrected chi connectivity index (χ4v) is 11.8. The van der Waals surface area contributed by atoms with Gasteiger partial charge in [0.1, 0.15) is 11.4 Å². The summed E-state index contributed by atoms with van der Waals surface area (Å²) in [6.07, 6.45) is 6.26. The van der Waals surface area contributed by atoms with Gasteiger partial charge in [-0.05, 0) is 103 Å². The average molecular weight is 983 g/mol. The molecule has 0 fully saturated rings. The Hall–Kier alpha value is -3.82. The number of carboxylic acid groups (broad SMARTS) is 1. The number of benzene rings is 3. The first-order chi connectivity index (χ1) is 31.6. The summed E-state index contributed by atoms with van der Waals surface area (Å²) in [4.78, 5) is 31.9. The normalized spacial score (nSPS) is 15.8. The average Bonchev–Trinajstić information content (AvgIpc) is 3.70. The minimum atomic E-state index is -2.45. The predicted octanol–water partition coefficient (Wildman–Crippen LogP) is 14.4. The number of aliphatic carboxylic acids is 1. The topological polar surface area (TPSA) is 115 Å². The first-order valence-corrected chi connectivity index (χ1v) is 31.2. The summed E-state index contributed by atoms with van der Waals surface area (Å²) in [6, 6.07) is 31.1. The van der Waals surface area contributed by atoms with Gasteiger partial charge in [-0.3, -0.25) is 9.59 Å². The number of thiazole rings is 1. The number of nitrogens with zero attached hydrogens (tertiary/aromatic N) is 1. The van der Waals surface area contributed by atoms with Crippen molar-refractivity contribution in [3.63, 3.8) is 0 Å². The number of hydrogen-bond donors (Lipinski definition) is 2. The number of ether oxygens (including phenoxy) is 1. The zero-order valence-electron chi connectivity index (χ0n) is 43.9. The summed E-state index contributed by atoms with van der Waals surface area (Å²) in [6.45, 7) is 31.9. The molecule has 1 aromatic heterocycles. The van der Waals surface area contributed by atoms with Crippen LogP contribution in [0.1, 0.15) is 129 Å². The van der Waals surface area contributed by atoms with E-state index in [1.807, 2.05) is 93.7 Å². The molecule has 0 spiro atoms. The fraction of sp³-hybridized carbons (Fsp3) is 0.526. The third kappa shape index (κ3) is 14.9. The van der Waals surface area contributed by atoms with Gasteiger partial charge < -0.3 is 23.8 Å². The highest BCUT2D eigenvalue weighted by atomic mass is 32.1. The van der Waals surface area contributed by atoms with E-state index in [0.29, 0.717) is 19.4 Å². The molecular formula is C57H83NO7SSi2. The number of aliphatic hydroxyl groups excluding tert-OH is 1. The van der Waals surface area contributed by atoms with E-state index in [1.165, 1.54) is 0 Å². The molecule has 4 aromatic rings. The van der Waals surface area contributed by atoms with Crippen LogP contribution in [0.3, 0.4) is 0 Å². The lowest BCUT2D eigenvalue weighted by Gasteiger charge is -2.46. The van der Waals surface area contributed by atoms with Crippen molar-refractivity contribution in [3.8, 4) is 0 Å². The van der Waals surface area contributed by atoms with Crippen molar-refractivity contribution in [2.75, 3.05) is 6.61 Å². The number of ketones is 1. The van der Waals surface area contributed by atoms with Crippen molar-refractivity contribution < 1.29 is 33.4 Å². The van der Waals surface area contributed by atoms with Crippen LogP contribution < -0.4 is 0 Å². The lowest BCUT2D eigenvalue weighted by Crippen LogP contribution is -2.54. The molecule has 0 saturated heterocycles. The second kappa shape index (κ2) is 23.9. The zero-order valence-corrected chi connectivity index (χ0v) is 46.7. The van der Waals surface area contributed by atoms with Gasteiger partial charge in [0.05, 0.1) is 42.0 Å². The van der Waals surface area contributed by atoms with Gasteiger partial charge in [0.15, 0.2) is 16.6 Å². The maximum atomic E-state index is 15.0. The molecule has 11 heteroatoms. The number of hydrogen-bond acceptors (Lipinski definition) is 8. The molecule has 4 rings (SSSR count). The minimum Gasteiger partial charge on any atom is -0.481 e. The monoisotopic (exact) mass is 982 g/mol. The van der Waals surface area contributed by atoms with Crippen LogP contribution in [0.15, 0.2) is 114 Å². The highest BCUT2D eigenvalue weighted by Crippen LogP contribution is 2.45. The van der Waals surface area contributed by atoms with Gasteiger partial charge in [-0.2, -0.15) is 0 Å². The van der Waals surface area contributed by atoms with Crippen LogP contribution >= 0.6 is 11.3 Å². The number of aryl methyl sites for hydroxylation is 1. The van der Waals surface area contributed by atoms with Gasteiger partial charge in [-0.25, -0.2) is 4.98 Å². The Morgan fingerprint density at radius 3 is 1.69 bits per heavy atom. The van der Waals surface area contributed by atoms with E-state index in [2.05, 4.69) is 122 Å². The molecule has 0 aliphatic carbocycles. The van der Waals surface area contributed by atoms with E-state index in [4.69, 9.17) is 13.6 Å². The van der Waals surface area contributed by atoms with Gasteiger partial charge in [-0.1, -0.05) is 172 Å². The number of carbonyl (C=O) groups is 2. The summed E-state index contributed by atoms with van der Waals surface area (Å²) >= 11 is 1.58. The first kappa shape index (κ1) is 56.8. The van der Waals surface area contributed by atoms with Crippen LogP contribution in [-0.2, 0) is 28.8 Å². The fourth-order valence-electron chi connectivity index (χ4n) is 8.31. The van der Waals surface area contributed by atoms with Crippen molar-refractivity contribution in [1.29, 1.82) is 0 Å². The Balaban J connectivity index is 1.70. The maximum Gasteiger partial charge on any atom is 0.305 e. The number of aromatic nitrogens is 1. The van der Waals surface area contributed by atoms with E-state index in [1.54, 1.807) is 17.4 Å². The molecule has 0 bridgehead atoms.